The molecule has 338 valence electrons. The van der Waals surface area contributed by atoms with Crippen molar-refractivity contribution < 1.29 is 52.2 Å². The monoisotopic (exact) mass is 932 g/mol. The summed E-state index contributed by atoms with van der Waals surface area (Å²) in [5.41, 5.74) is -3.62. The van der Waals surface area contributed by atoms with E-state index in [2.05, 4.69) is 21.1 Å². The van der Waals surface area contributed by atoms with Gasteiger partial charge in [0.1, 0.15) is 27.1 Å². The number of pyridine rings is 1. The van der Waals surface area contributed by atoms with Gasteiger partial charge in [-0.3, -0.25) is 14.5 Å². The quantitative estimate of drug-likeness (QED) is 0.0919. The van der Waals surface area contributed by atoms with Crippen LogP contribution in [-0.2, 0) is 25.1 Å². The molecule has 2 aromatic heterocycles. The molecule has 0 aliphatic heterocycles. The van der Waals surface area contributed by atoms with E-state index in [-0.39, 0.29) is 64.8 Å². The molecule has 0 spiro atoms. The second-order valence-electron chi connectivity index (χ2n) is 20.0. The summed E-state index contributed by atoms with van der Waals surface area (Å²) < 4.78 is 37.3. The summed E-state index contributed by atoms with van der Waals surface area (Å²) in [5.74, 6) is -3.33. The van der Waals surface area contributed by atoms with Gasteiger partial charge in [-0.1, -0.05) is 47.5 Å². The Labute approximate surface area is 369 Å². The van der Waals surface area contributed by atoms with Crippen molar-refractivity contribution in [3.63, 3.8) is 0 Å². The summed E-state index contributed by atoms with van der Waals surface area (Å²) in [7, 11) is 0.715. The van der Waals surface area contributed by atoms with E-state index in [1.54, 1.807) is 41.5 Å². The number of anilines is 1. The van der Waals surface area contributed by atoms with Crippen LogP contribution in [0.25, 0.3) is 5.76 Å². The normalized spacial score (nSPS) is 21.7. The average molecular weight is 934 g/mol. The Kier molecular flexibility index (Phi) is 13.8. The van der Waals surface area contributed by atoms with Crippen LogP contribution in [0, 0.1) is 11.8 Å². The summed E-state index contributed by atoms with van der Waals surface area (Å²) >= 11 is 3.60. The van der Waals surface area contributed by atoms with E-state index >= 15 is 9.59 Å². The van der Waals surface area contributed by atoms with Gasteiger partial charge in [-0.15, -0.1) is 0 Å². The van der Waals surface area contributed by atoms with Crippen molar-refractivity contribution in [3.05, 3.63) is 32.6 Å². The fourth-order valence-corrected chi connectivity index (χ4v) is 9.88. The number of ether oxygens (including phenoxy) is 4. The number of nitrogens with zero attached hydrogens (tertiary/aromatic N) is 4. The number of amides is 2. The Balaban J connectivity index is 1.84. The molecule has 0 saturated heterocycles. The highest BCUT2D eigenvalue weighted by atomic mass is 79.9. The Morgan fingerprint density at radius 1 is 0.902 bits per heavy atom. The summed E-state index contributed by atoms with van der Waals surface area (Å²) in [5, 5.41) is 16.6. The van der Waals surface area contributed by atoms with Crippen LogP contribution < -0.4 is 14.4 Å². The zero-order chi connectivity index (χ0) is 45.8. The van der Waals surface area contributed by atoms with Crippen LogP contribution in [0.2, 0.25) is 18.1 Å². The number of aliphatic hydroxyl groups is 1. The lowest BCUT2D eigenvalue weighted by molar-refractivity contribution is -0.140. The molecule has 17 heteroatoms. The number of carbonyl (C=O) groups excluding carboxylic acids is 4. The van der Waals surface area contributed by atoms with E-state index in [9.17, 15) is 14.7 Å². The molecule has 1 saturated carbocycles. The van der Waals surface area contributed by atoms with Gasteiger partial charge in [0.05, 0.1) is 24.8 Å². The lowest BCUT2D eigenvalue weighted by atomic mass is 9.57. The van der Waals surface area contributed by atoms with Crippen LogP contribution in [0.3, 0.4) is 0 Å². The topological polar surface area (TPSA) is 180 Å². The third kappa shape index (κ3) is 9.17. The molecule has 4 atom stereocenters. The van der Waals surface area contributed by atoms with Crippen molar-refractivity contribution in [1.82, 2.24) is 15.0 Å². The van der Waals surface area contributed by atoms with Crippen molar-refractivity contribution in [2.75, 3.05) is 32.2 Å². The molecular formula is C44H65BrN4O11Si. The highest BCUT2D eigenvalue weighted by molar-refractivity contribution is 9.10. The fourth-order valence-electron chi connectivity index (χ4n) is 7.90. The summed E-state index contributed by atoms with van der Waals surface area (Å²) in [4.78, 5) is 66.8. The zero-order valence-electron chi connectivity index (χ0n) is 38.6. The molecule has 3 aliphatic rings. The number of fused-ring (bicyclic) bond motifs is 4. The Hall–Kier alpha value is -3.80. The molecule has 15 nitrogen and oxygen atoms in total. The van der Waals surface area contributed by atoms with Crippen LogP contribution in [0.4, 0.5) is 15.4 Å². The Bertz CT molecular complexity index is 2050. The molecule has 0 bridgehead atoms. The maximum atomic E-state index is 15.9. The zero-order valence-corrected chi connectivity index (χ0v) is 41.2. The number of aromatic nitrogens is 2. The number of carbonyl (C=O) groups is 4. The first-order chi connectivity index (χ1) is 28.1. The van der Waals surface area contributed by atoms with Gasteiger partial charge < -0.3 is 33.0 Å². The highest BCUT2D eigenvalue weighted by Gasteiger charge is 2.69. The van der Waals surface area contributed by atoms with Crippen LogP contribution >= 0.6 is 15.9 Å². The van der Waals surface area contributed by atoms with Gasteiger partial charge in [-0.25, -0.2) is 14.6 Å². The third-order valence-electron chi connectivity index (χ3n) is 11.7. The molecule has 0 unspecified atom stereocenters. The van der Waals surface area contributed by atoms with Gasteiger partial charge in [-0.2, -0.15) is 4.90 Å². The van der Waals surface area contributed by atoms with Gasteiger partial charge in [0.15, 0.2) is 31.2 Å². The predicted molar refractivity (Wildman–Crippen MR) is 236 cm³/mol. The molecule has 2 amide bonds. The largest absolute Gasteiger partial charge is 0.507 e. The van der Waals surface area contributed by atoms with Crippen LogP contribution in [-0.4, -0.2) is 96.3 Å². The van der Waals surface area contributed by atoms with E-state index in [0.717, 1.165) is 12.8 Å². The molecule has 3 aliphatic carbocycles. The predicted octanol–water partition coefficient (Wildman–Crippen LogP) is 10.2. The minimum absolute atomic E-state index is 0.00490. The van der Waals surface area contributed by atoms with E-state index in [4.69, 9.17) is 32.9 Å². The lowest BCUT2D eigenvalue weighted by Crippen LogP contribution is -2.68. The van der Waals surface area contributed by atoms with Gasteiger partial charge in [0.2, 0.25) is 11.6 Å². The number of hydrogen-bond acceptors (Lipinski definition) is 14. The number of Topliss-reactive ketones (excluding diaryl/α,β-unsaturated/α-hetero) is 2. The van der Waals surface area contributed by atoms with E-state index in [0.29, 0.717) is 29.1 Å². The minimum atomic E-state index is -3.00. The van der Waals surface area contributed by atoms with Crippen LogP contribution in [0.5, 0.6) is 11.6 Å². The second-order valence-corrected chi connectivity index (χ2v) is 25.5. The van der Waals surface area contributed by atoms with Gasteiger partial charge in [0.25, 0.3) is 5.88 Å². The van der Waals surface area contributed by atoms with Gasteiger partial charge in [-0.05, 0) is 126 Å². The molecule has 0 aromatic carbocycles. The van der Waals surface area contributed by atoms with E-state index in [1.165, 1.54) is 0 Å². The molecule has 5 rings (SSSR count). The molecule has 1 N–H and O–H groups in total. The number of imide groups is 1. The molecule has 0 radical (unpaired) electrons. The molecule has 61 heavy (non-hydrogen) atoms. The maximum absolute atomic E-state index is 15.9. The second kappa shape index (κ2) is 17.4. The first-order valence-corrected chi connectivity index (χ1v) is 25.0. The van der Waals surface area contributed by atoms with Gasteiger partial charge >= 0.3 is 12.2 Å². The standard InChI is InChI=1S/C44H65BrN4O11Si/c1-16-18-20-55-33-28-25(36(45)46-37(33)49(39(53)57-41(3,4)5)40(54)58-42(6,7)8)22-24-23-26-30(48(12)13)32-29(38(47-59-32)56-21-19-17-2)35(52)44(26,34(51)27(24)31(28)50)60-61(14,15)43(9,10)11/h24,26,30,50H,16-23H2,1-15H3/t24-,26-,30-,44-/m0/s1. The van der Waals surface area contributed by atoms with Crippen LogP contribution in [0.1, 0.15) is 142 Å². The van der Waals surface area contributed by atoms with E-state index in [1.807, 2.05) is 66.7 Å². The molecular weight excluding hydrogens is 868 g/mol. The number of halogens is 1. The number of unbranched alkanes of at least 4 members (excludes halogenated alkanes) is 2. The number of aliphatic hydroxyl groups excluding tert-OH is 1. The van der Waals surface area contributed by atoms with Crippen molar-refractivity contribution in [3.8, 4) is 11.6 Å². The summed E-state index contributed by atoms with van der Waals surface area (Å²) in [6.07, 6.45) is 1.06. The Morgan fingerprint density at radius 2 is 1.46 bits per heavy atom. The molecule has 2 aromatic rings. The highest BCUT2D eigenvalue weighted by Crippen LogP contribution is 2.59. The SMILES string of the molecule is CCCCOc1noc2c1C(=O)[C@@]1(O[Si](C)(C)C(C)(C)C)C(=O)C3=C(O)c4c(c(Br)nc(N(C(=O)OC(C)(C)C)C(=O)OC(C)(C)C)c4OCCCC)C[C@H]3C[C@H]1[C@@H]2N(C)C. The first kappa shape index (κ1) is 48.2. The van der Waals surface area contributed by atoms with Crippen molar-refractivity contribution >= 4 is 59.6 Å². The van der Waals surface area contributed by atoms with Crippen molar-refractivity contribution in [2.24, 2.45) is 11.8 Å². The summed E-state index contributed by atoms with van der Waals surface area (Å²) in [6, 6.07) is -0.643. The van der Waals surface area contributed by atoms with Crippen LogP contribution in [0.15, 0.2) is 14.7 Å². The smallest absolute Gasteiger partial charge is 0.425 e. The first-order valence-electron chi connectivity index (χ1n) is 21.3. The lowest BCUT2D eigenvalue weighted by Gasteiger charge is -2.55. The average Bonchev–Trinajstić information content (AvgIpc) is 3.52. The van der Waals surface area contributed by atoms with E-state index < -0.39 is 77.5 Å². The number of ketones is 2. The minimum Gasteiger partial charge on any atom is -0.507 e. The number of hydrogen-bond donors (Lipinski definition) is 1. The van der Waals surface area contributed by atoms with Gasteiger partial charge in [0, 0.05) is 17.1 Å². The fraction of sp³-hybridized carbons (Fsp3) is 0.682. The van der Waals surface area contributed by atoms with Crippen molar-refractivity contribution in [1.29, 1.82) is 0 Å². The molecule has 2 heterocycles. The van der Waals surface area contributed by atoms with Crippen molar-refractivity contribution in [2.45, 2.75) is 156 Å². The Morgan fingerprint density at radius 3 is 1.97 bits per heavy atom. The maximum Gasteiger partial charge on any atom is 0.425 e. The molecule has 1 fully saturated rings. The third-order valence-corrected chi connectivity index (χ3v) is 16.8. The summed E-state index contributed by atoms with van der Waals surface area (Å²) in [6.45, 7) is 24.4. The number of rotatable bonds is 12.